The number of thiazole rings is 1. The quantitative estimate of drug-likeness (QED) is 0.837. The fourth-order valence-corrected chi connectivity index (χ4v) is 2.09. The van der Waals surface area contributed by atoms with E-state index in [1.54, 1.807) is 11.3 Å². The molecular formula is C11H19N3OS. The predicted molar refractivity (Wildman–Crippen MR) is 66.3 cm³/mol. The topological polar surface area (TPSA) is 68.0 Å². The van der Waals surface area contributed by atoms with E-state index in [0.29, 0.717) is 19.5 Å². The second-order valence-electron chi connectivity index (χ2n) is 4.69. The minimum Gasteiger partial charge on any atom is -0.350 e. The van der Waals surface area contributed by atoms with Gasteiger partial charge in [-0.25, -0.2) is 4.98 Å². The Labute approximate surface area is 100 Å². The van der Waals surface area contributed by atoms with E-state index in [4.69, 9.17) is 5.73 Å². The third-order valence-electron chi connectivity index (χ3n) is 2.13. The maximum Gasteiger partial charge on any atom is 0.221 e. The molecule has 16 heavy (non-hydrogen) atoms. The second kappa shape index (κ2) is 5.41. The van der Waals surface area contributed by atoms with Crippen LogP contribution >= 0.6 is 11.3 Å². The normalized spacial score (nSPS) is 11.5. The Morgan fingerprint density at radius 2 is 2.25 bits per heavy atom. The summed E-state index contributed by atoms with van der Waals surface area (Å²) in [6.45, 7) is 7.26. The van der Waals surface area contributed by atoms with Gasteiger partial charge in [-0.2, -0.15) is 0 Å². The van der Waals surface area contributed by atoms with E-state index in [0.717, 1.165) is 10.7 Å². The van der Waals surface area contributed by atoms with Crippen molar-refractivity contribution in [1.29, 1.82) is 0 Å². The first kappa shape index (κ1) is 13.1. The van der Waals surface area contributed by atoms with Crippen LogP contribution < -0.4 is 11.1 Å². The van der Waals surface area contributed by atoms with E-state index in [1.807, 2.05) is 5.38 Å². The molecule has 0 aliphatic rings. The van der Waals surface area contributed by atoms with Crippen molar-refractivity contribution in [2.24, 2.45) is 5.73 Å². The first-order chi connectivity index (χ1) is 7.43. The fourth-order valence-electron chi connectivity index (χ4n) is 1.13. The molecule has 1 heterocycles. The number of aromatic nitrogens is 1. The van der Waals surface area contributed by atoms with Gasteiger partial charge in [-0.15, -0.1) is 11.3 Å². The first-order valence-electron chi connectivity index (χ1n) is 5.35. The number of carbonyl (C=O) groups is 1. The molecule has 0 aliphatic heterocycles. The zero-order valence-electron chi connectivity index (χ0n) is 10.0. The molecule has 1 aromatic rings. The molecular weight excluding hydrogens is 222 g/mol. The van der Waals surface area contributed by atoms with Crippen LogP contribution in [0.3, 0.4) is 0 Å². The Balaban J connectivity index is 2.50. The Morgan fingerprint density at radius 3 is 2.75 bits per heavy atom. The van der Waals surface area contributed by atoms with Crippen LogP contribution in [0.5, 0.6) is 0 Å². The second-order valence-corrected chi connectivity index (χ2v) is 5.63. The van der Waals surface area contributed by atoms with Crippen molar-refractivity contribution in [3.8, 4) is 0 Å². The van der Waals surface area contributed by atoms with E-state index in [1.165, 1.54) is 0 Å². The number of nitrogens with zero attached hydrogens (tertiary/aromatic N) is 1. The maximum atomic E-state index is 11.2. The molecule has 0 radical (unpaired) electrons. The van der Waals surface area contributed by atoms with Crippen molar-refractivity contribution in [2.75, 3.05) is 6.54 Å². The van der Waals surface area contributed by atoms with E-state index in [-0.39, 0.29) is 11.3 Å². The molecule has 0 spiro atoms. The highest BCUT2D eigenvalue weighted by atomic mass is 32.1. The molecule has 0 aromatic carbocycles. The largest absolute Gasteiger partial charge is 0.350 e. The lowest BCUT2D eigenvalue weighted by Gasteiger charge is -2.14. The number of carbonyl (C=O) groups excluding carboxylic acids is 1. The van der Waals surface area contributed by atoms with Crippen molar-refractivity contribution < 1.29 is 4.79 Å². The summed E-state index contributed by atoms with van der Waals surface area (Å²) in [4.78, 5) is 15.7. The van der Waals surface area contributed by atoms with Crippen LogP contribution in [0.1, 0.15) is 37.9 Å². The van der Waals surface area contributed by atoms with Crippen LogP contribution in [0, 0.1) is 0 Å². The summed E-state index contributed by atoms with van der Waals surface area (Å²) in [6, 6.07) is 0. The summed E-state index contributed by atoms with van der Waals surface area (Å²) in [5.41, 5.74) is 6.42. The van der Waals surface area contributed by atoms with Gasteiger partial charge in [0.25, 0.3) is 0 Å². The maximum absolute atomic E-state index is 11.2. The summed E-state index contributed by atoms with van der Waals surface area (Å²) in [5.74, 6) is -0.0185. The zero-order valence-corrected chi connectivity index (χ0v) is 10.9. The molecule has 3 N–H and O–H groups in total. The molecule has 0 saturated heterocycles. The fraction of sp³-hybridized carbons (Fsp3) is 0.636. The van der Waals surface area contributed by atoms with Crippen molar-refractivity contribution in [3.05, 3.63) is 16.1 Å². The van der Waals surface area contributed by atoms with Gasteiger partial charge in [0.15, 0.2) is 0 Å². The van der Waals surface area contributed by atoms with Crippen LogP contribution in [0.4, 0.5) is 0 Å². The van der Waals surface area contributed by atoms with Gasteiger partial charge in [0, 0.05) is 23.8 Å². The Kier molecular flexibility index (Phi) is 4.44. The highest BCUT2D eigenvalue weighted by Crippen LogP contribution is 2.23. The van der Waals surface area contributed by atoms with Gasteiger partial charge in [0.1, 0.15) is 5.01 Å². The average Bonchev–Trinajstić information content (AvgIpc) is 2.63. The standard InChI is InChI=1S/C11H19N3OS/c1-11(2,3)8-7-16-10(14-8)6-13-9(15)4-5-12/h7H,4-6,12H2,1-3H3,(H,13,15). The minimum absolute atomic E-state index is 0.0185. The van der Waals surface area contributed by atoms with Crippen LogP contribution in [0.2, 0.25) is 0 Å². The van der Waals surface area contributed by atoms with Gasteiger partial charge in [-0.3, -0.25) is 4.79 Å². The van der Waals surface area contributed by atoms with Crippen molar-refractivity contribution in [3.63, 3.8) is 0 Å². The lowest BCUT2D eigenvalue weighted by Crippen LogP contribution is -2.25. The van der Waals surface area contributed by atoms with Crippen LogP contribution in [-0.4, -0.2) is 17.4 Å². The van der Waals surface area contributed by atoms with Gasteiger partial charge in [0.2, 0.25) is 5.91 Å². The predicted octanol–water partition coefficient (Wildman–Crippen LogP) is 1.41. The molecule has 4 nitrogen and oxygen atoms in total. The smallest absolute Gasteiger partial charge is 0.221 e. The van der Waals surface area contributed by atoms with Crippen molar-refractivity contribution in [2.45, 2.75) is 39.2 Å². The molecule has 1 amide bonds. The van der Waals surface area contributed by atoms with Gasteiger partial charge in [-0.05, 0) is 0 Å². The van der Waals surface area contributed by atoms with E-state index in [2.05, 4.69) is 31.1 Å². The summed E-state index contributed by atoms with van der Waals surface area (Å²) in [6.07, 6.45) is 0.373. The number of hydrogen-bond donors (Lipinski definition) is 2. The SMILES string of the molecule is CC(C)(C)c1csc(CNC(=O)CCN)n1. The number of nitrogens with two attached hydrogens (primary N) is 1. The summed E-state index contributed by atoms with van der Waals surface area (Å²) < 4.78 is 0. The summed E-state index contributed by atoms with van der Waals surface area (Å²) in [7, 11) is 0. The third-order valence-corrected chi connectivity index (χ3v) is 2.98. The molecule has 1 rings (SSSR count). The number of hydrogen-bond acceptors (Lipinski definition) is 4. The highest BCUT2D eigenvalue weighted by molar-refractivity contribution is 7.09. The average molecular weight is 241 g/mol. The van der Waals surface area contributed by atoms with E-state index < -0.39 is 0 Å². The Hall–Kier alpha value is -0.940. The molecule has 0 atom stereocenters. The molecule has 0 fully saturated rings. The van der Waals surface area contributed by atoms with Crippen LogP contribution in [0.25, 0.3) is 0 Å². The summed E-state index contributed by atoms with van der Waals surface area (Å²) in [5, 5.41) is 5.78. The minimum atomic E-state index is -0.0185. The molecule has 1 aromatic heterocycles. The molecule has 90 valence electrons. The monoisotopic (exact) mass is 241 g/mol. The molecule has 0 aliphatic carbocycles. The molecule has 0 saturated carbocycles. The molecule has 5 heteroatoms. The van der Waals surface area contributed by atoms with Crippen molar-refractivity contribution >= 4 is 17.2 Å². The van der Waals surface area contributed by atoms with Crippen LogP contribution in [-0.2, 0) is 16.8 Å². The lowest BCUT2D eigenvalue weighted by atomic mass is 9.93. The lowest BCUT2D eigenvalue weighted by molar-refractivity contribution is -0.121. The Morgan fingerprint density at radius 1 is 1.56 bits per heavy atom. The number of rotatable bonds is 4. The Bertz CT molecular complexity index is 354. The highest BCUT2D eigenvalue weighted by Gasteiger charge is 2.17. The van der Waals surface area contributed by atoms with E-state index in [9.17, 15) is 4.79 Å². The van der Waals surface area contributed by atoms with Gasteiger partial charge in [-0.1, -0.05) is 20.8 Å². The summed E-state index contributed by atoms with van der Waals surface area (Å²) >= 11 is 1.58. The zero-order chi connectivity index (χ0) is 12.2. The third kappa shape index (κ3) is 3.90. The van der Waals surface area contributed by atoms with Gasteiger partial charge in [0.05, 0.1) is 12.2 Å². The van der Waals surface area contributed by atoms with Crippen molar-refractivity contribution in [1.82, 2.24) is 10.3 Å². The van der Waals surface area contributed by atoms with E-state index >= 15 is 0 Å². The molecule has 0 bridgehead atoms. The van der Waals surface area contributed by atoms with Gasteiger partial charge >= 0.3 is 0 Å². The van der Waals surface area contributed by atoms with Gasteiger partial charge < -0.3 is 11.1 Å². The number of nitrogens with one attached hydrogen (secondary N) is 1. The first-order valence-corrected chi connectivity index (χ1v) is 6.23. The number of amides is 1. The molecule has 0 unspecified atom stereocenters. The van der Waals surface area contributed by atoms with Crippen LogP contribution in [0.15, 0.2) is 5.38 Å².